The first-order chi connectivity index (χ1) is 11.6. The van der Waals surface area contributed by atoms with Crippen LogP contribution in [0.2, 0.25) is 5.15 Å². The van der Waals surface area contributed by atoms with E-state index >= 15 is 0 Å². The molecule has 2 rings (SSSR count). The zero-order chi connectivity index (χ0) is 17.4. The van der Waals surface area contributed by atoms with Crippen LogP contribution in [0.25, 0.3) is 0 Å². The van der Waals surface area contributed by atoms with Crippen molar-refractivity contribution in [2.45, 2.75) is 44.0 Å². The Hall–Kier alpha value is -0.250. The van der Waals surface area contributed by atoms with E-state index in [1.807, 2.05) is 24.8 Å². The molecule has 2 atom stereocenters. The van der Waals surface area contributed by atoms with Crippen molar-refractivity contribution in [2.24, 2.45) is 4.99 Å². The summed E-state index contributed by atoms with van der Waals surface area (Å²) >= 11 is 7.62. The number of pyridine rings is 1. The fraction of sp³-hybridized carbons (Fsp3) is 0.647. The Morgan fingerprint density at radius 1 is 1.44 bits per heavy atom. The van der Waals surface area contributed by atoms with Gasteiger partial charge in [0.2, 0.25) is 0 Å². The van der Waals surface area contributed by atoms with Crippen molar-refractivity contribution < 1.29 is 5.11 Å². The molecule has 0 radical (unpaired) electrons. The molecule has 1 aliphatic carbocycles. The fourth-order valence-electron chi connectivity index (χ4n) is 2.65. The summed E-state index contributed by atoms with van der Waals surface area (Å²) in [6, 6.07) is 3.78. The van der Waals surface area contributed by atoms with Crippen LogP contribution in [0.5, 0.6) is 0 Å². The Labute approximate surface area is 176 Å². The number of hydrogen-bond donors (Lipinski definition) is 3. The van der Waals surface area contributed by atoms with Crippen molar-refractivity contribution in [1.82, 2.24) is 15.6 Å². The molecule has 25 heavy (non-hydrogen) atoms. The smallest absolute Gasteiger partial charge is 0.191 e. The second-order valence-corrected chi connectivity index (χ2v) is 7.81. The maximum atomic E-state index is 10.6. The molecule has 1 aromatic rings. The summed E-state index contributed by atoms with van der Waals surface area (Å²) in [7, 11) is 0. The molecule has 1 aromatic heterocycles. The van der Waals surface area contributed by atoms with Crippen LogP contribution in [0, 0.1) is 0 Å². The molecule has 0 amide bonds. The third kappa shape index (κ3) is 7.11. The maximum Gasteiger partial charge on any atom is 0.191 e. The van der Waals surface area contributed by atoms with Crippen LogP contribution in [-0.2, 0) is 6.42 Å². The summed E-state index contributed by atoms with van der Waals surface area (Å²) in [5.41, 5.74) is 0.475. The molecule has 2 unspecified atom stereocenters. The molecule has 0 aliphatic heterocycles. The van der Waals surface area contributed by atoms with Gasteiger partial charge < -0.3 is 15.7 Å². The number of thioether (sulfide) groups is 1. The van der Waals surface area contributed by atoms with Gasteiger partial charge in [-0.05, 0) is 43.6 Å². The lowest BCUT2D eigenvalue weighted by Gasteiger charge is -2.44. The molecular formula is C17H28ClIN4OS. The highest BCUT2D eigenvalue weighted by Crippen LogP contribution is 2.41. The fourth-order valence-corrected chi connectivity index (χ4v) is 3.95. The predicted octanol–water partition coefficient (Wildman–Crippen LogP) is 3.10. The number of aliphatic hydroxyl groups is 1. The third-order valence-electron chi connectivity index (χ3n) is 4.16. The Kier molecular flexibility index (Phi) is 10.4. The van der Waals surface area contributed by atoms with Crippen LogP contribution in [0.1, 0.15) is 32.3 Å². The van der Waals surface area contributed by atoms with E-state index in [0.29, 0.717) is 16.9 Å². The Morgan fingerprint density at radius 2 is 2.24 bits per heavy atom. The average molecular weight is 499 g/mol. The van der Waals surface area contributed by atoms with Gasteiger partial charge in [0, 0.05) is 24.5 Å². The van der Waals surface area contributed by atoms with Crippen LogP contribution in [0.3, 0.4) is 0 Å². The Balaban J connectivity index is 0.00000312. The number of guanidine groups is 1. The zero-order valence-electron chi connectivity index (χ0n) is 14.8. The second-order valence-electron chi connectivity index (χ2n) is 5.95. The Morgan fingerprint density at radius 3 is 2.80 bits per heavy atom. The molecule has 1 heterocycles. The van der Waals surface area contributed by atoms with Crippen molar-refractivity contribution >= 4 is 53.3 Å². The minimum atomic E-state index is -0.650. The van der Waals surface area contributed by atoms with Gasteiger partial charge in [-0.25, -0.2) is 4.98 Å². The van der Waals surface area contributed by atoms with Crippen molar-refractivity contribution in [3.8, 4) is 0 Å². The molecule has 0 spiro atoms. The molecular weight excluding hydrogens is 471 g/mol. The normalized spacial score (nSPS) is 22.7. The minimum absolute atomic E-state index is 0. The van der Waals surface area contributed by atoms with E-state index in [1.165, 1.54) is 0 Å². The quantitative estimate of drug-likeness (QED) is 0.222. The number of halogens is 2. The molecule has 1 saturated carbocycles. The molecule has 8 heteroatoms. The molecule has 0 bridgehead atoms. The number of hydrogen-bond acceptors (Lipinski definition) is 4. The molecule has 1 fully saturated rings. The maximum absolute atomic E-state index is 10.6. The standard InChI is InChI=1S/C17H27ClN4OS.HI/c1-3-19-16(20-10-8-13-5-6-15(18)21-11-13)22-12-17(23)9-7-14(17)24-4-2;/h5-6,11,14,23H,3-4,7-10,12H2,1-2H3,(H2,19,20,22);1H. The van der Waals surface area contributed by atoms with Gasteiger partial charge in [-0.15, -0.1) is 24.0 Å². The lowest BCUT2D eigenvalue weighted by Crippen LogP contribution is -2.53. The van der Waals surface area contributed by atoms with Crippen molar-refractivity contribution in [3.05, 3.63) is 29.0 Å². The number of aromatic nitrogens is 1. The van der Waals surface area contributed by atoms with Gasteiger partial charge in [0.15, 0.2) is 5.96 Å². The highest BCUT2D eigenvalue weighted by atomic mass is 127. The van der Waals surface area contributed by atoms with Gasteiger partial charge in [0.1, 0.15) is 5.15 Å². The van der Waals surface area contributed by atoms with E-state index in [0.717, 1.165) is 49.6 Å². The highest BCUT2D eigenvalue weighted by Gasteiger charge is 2.45. The van der Waals surface area contributed by atoms with E-state index in [-0.39, 0.29) is 24.0 Å². The molecule has 3 N–H and O–H groups in total. The first-order valence-corrected chi connectivity index (χ1v) is 9.96. The number of nitrogens with zero attached hydrogens (tertiary/aromatic N) is 2. The predicted molar refractivity (Wildman–Crippen MR) is 118 cm³/mol. The third-order valence-corrected chi connectivity index (χ3v) is 5.79. The lowest BCUT2D eigenvalue weighted by molar-refractivity contribution is -0.0154. The van der Waals surface area contributed by atoms with E-state index in [4.69, 9.17) is 11.6 Å². The van der Waals surface area contributed by atoms with Crippen LogP contribution in [0.15, 0.2) is 23.3 Å². The topological polar surface area (TPSA) is 69.5 Å². The first-order valence-electron chi connectivity index (χ1n) is 8.54. The summed E-state index contributed by atoms with van der Waals surface area (Å²) in [5.74, 6) is 1.78. The van der Waals surface area contributed by atoms with Gasteiger partial charge in [0.05, 0.1) is 12.1 Å². The molecule has 0 saturated heterocycles. The highest BCUT2D eigenvalue weighted by molar-refractivity contribution is 14.0. The first kappa shape index (κ1) is 22.8. The van der Waals surface area contributed by atoms with Crippen LogP contribution >= 0.6 is 47.3 Å². The van der Waals surface area contributed by atoms with Gasteiger partial charge in [0.25, 0.3) is 0 Å². The summed E-state index contributed by atoms with van der Waals surface area (Å²) in [6.07, 6.45) is 4.55. The number of nitrogens with one attached hydrogen (secondary N) is 2. The summed E-state index contributed by atoms with van der Waals surface area (Å²) in [4.78, 5) is 8.66. The van der Waals surface area contributed by atoms with Crippen LogP contribution < -0.4 is 10.6 Å². The van der Waals surface area contributed by atoms with Crippen LogP contribution in [0.4, 0.5) is 0 Å². The van der Waals surface area contributed by atoms with Crippen molar-refractivity contribution in [2.75, 3.05) is 25.4 Å². The number of aliphatic imine (C=N–C) groups is 1. The zero-order valence-corrected chi connectivity index (χ0v) is 18.7. The summed E-state index contributed by atoms with van der Waals surface area (Å²) in [6.45, 7) is 6.15. The summed E-state index contributed by atoms with van der Waals surface area (Å²) < 4.78 is 0. The van der Waals surface area contributed by atoms with E-state index in [1.54, 1.807) is 12.3 Å². The SMILES string of the molecule is CCNC(=NCC1(O)CCC1SCC)NCCc1ccc(Cl)nc1.I. The number of rotatable bonds is 8. The second kappa shape index (κ2) is 11.5. The summed E-state index contributed by atoms with van der Waals surface area (Å²) in [5, 5.41) is 18.0. The molecule has 1 aliphatic rings. The lowest BCUT2D eigenvalue weighted by atomic mass is 9.79. The largest absolute Gasteiger partial charge is 0.387 e. The monoisotopic (exact) mass is 498 g/mol. The van der Waals surface area contributed by atoms with Gasteiger partial charge in [-0.2, -0.15) is 11.8 Å². The minimum Gasteiger partial charge on any atom is -0.387 e. The van der Waals surface area contributed by atoms with Gasteiger partial charge in [-0.1, -0.05) is 24.6 Å². The Bertz CT molecular complexity index is 546. The van der Waals surface area contributed by atoms with Crippen molar-refractivity contribution in [1.29, 1.82) is 0 Å². The van der Waals surface area contributed by atoms with Crippen molar-refractivity contribution in [3.63, 3.8) is 0 Å². The van der Waals surface area contributed by atoms with E-state index in [2.05, 4.69) is 27.5 Å². The average Bonchev–Trinajstić information content (AvgIpc) is 2.58. The molecule has 5 nitrogen and oxygen atoms in total. The van der Waals surface area contributed by atoms with Gasteiger partial charge >= 0.3 is 0 Å². The van der Waals surface area contributed by atoms with Crippen LogP contribution in [-0.4, -0.2) is 52.3 Å². The van der Waals surface area contributed by atoms with Gasteiger partial charge in [-0.3, -0.25) is 4.99 Å². The molecule has 142 valence electrons. The molecule has 0 aromatic carbocycles. The van der Waals surface area contributed by atoms with E-state index < -0.39 is 5.60 Å². The van der Waals surface area contributed by atoms with E-state index in [9.17, 15) is 5.11 Å².